The summed E-state index contributed by atoms with van der Waals surface area (Å²) < 4.78 is 0.644. The first kappa shape index (κ1) is 21.2. The summed E-state index contributed by atoms with van der Waals surface area (Å²) in [6.07, 6.45) is 3.54. The van der Waals surface area contributed by atoms with Crippen LogP contribution in [-0.2, 0) is 9.59 Å². The summed E-state index contributed by atoms with van der Waals surface area (Å²) in [5.74, 6) is -0.149. The Bertz CT molecular complexity index is 1030. The molecule has 2 aliphatic rings. The maximum atomic E-state index is 13.0. The molecule has 162 valence electrons. The minimum atomic E-state index is -0.960. The molecule has 0 bridgehead atoms. The van der Waals surface area contributed by atoms with Gasteiger partial charge in [-0.05, 0) is 52.9 Å². The van der Waals surface area contributed by atoms with Gasteiger partial charge in [-0.2, -0.15) is 0 Å². The van der Waals surface area contributed by atoms with Crippen LogP contribution in [0.1, 0.15) is 18.4 Å². The van der Waals surface area contributed by atoms with Crippen LogP contribution in [-0.4, -0.2) is 62.4 Å². The van der Waals surface area contributed by atoms with Crippen molar-refractivity contribution in [3.05, 3.63) is 46.8 Å². The van der Waals surface area contributed by atoms with E-state index in [1.807, 2.05) is 0 Å². The van der Waals surface area contributed by atoms with Gasteiger partial charge in [-0.15, -0.1) is 0 Å². The molecule has 1 aliphatic heterocycles. The molecule has 2 aromatic rings. The third-order valence-electron chi connectivity index (χ3n) is 5.57. The van der Waals surface area contributed by atoms with E-state index in [1.165, 1.54) is 12.4 Å². The van der Waals surface area contributed by atoms with E-state index >= 15 is 0 Å². The summed E-state index contributed by atoms with van der Waals surface area (Å²) in [4.78, 5) is 34.3. The molecule has 1 saturated heterocycles. The number of primary amides is 1. The number of nitrogens with two attached hydrogens (primary N) is 1. The molecule has 3 heterocycles. The number of nitrogens with one attached hydrogen (secondary N) is 3. The Hall–Kier alpha value is -3.05. The molecule has 2 amide bonds. The van der Waals surface area contributed by atoms with E-state index in [-0.39, 0.29) is 35.8 Å². The molecule has 0 radical (unpaired) electrons. The van der Waals surface area contributed by atoms with Crippen molar-refractivity contribution in [2.45, 2.75) is 31.2 Å². The number of anilines is 2. The molecule has 2 fully saturated rings. The van der Waals surface area contributed by atoms with Gasteiger partial charge in [-0.1, -0.05) is 6.07 Å². The van der Waals surface area contributed by atoms with E-state index in [2.05, 4.69) is 36.5 Å². The summed E-state index contributed by atoms with van der Waals surface area (Å²) in [5.41, 5.74) is 5.47. The van der Waals surface area contributed by atoms with Gasteiger partial charge in [0, 0.05) is 29.7 Å². The number of halogens is 1. The number of aromatic nitrogens is 2. The van der Waals surface area contributed by atoms with E-state index in [4.69, 9.17) is 11.1 Å². The van der Waals surface area contributed by atoms with Gasteiger partial charge in [-0.3, -0.25) is 20.0 Å². The standard InChI is InChI=1S/C20H22BrN7O3/c21-15-2-1-3-16(26-15)27-20(31)14-7-10-6-13(10)28(14)17(29)9-25-12-4-5-24-8-11(12)18(22)19(23)30/h1-5,8,10,13-14,20,22,31H,6-7,9H2,(H2,23,30)(H,24,25)(H,26,27)/t10-,13-,14+,20?/m1/s1. The number of amides is 2. The highest BCUT2D eigenvalue weighted by Gasteiger charge is 2.55. The third kappa shape index (κ3) is 4.52. The molecule has 0 aromatic carbocycles. The molecule has 1 saturated carbocycles. The number of rotatable bonds is 8. The molecule has 10 nitrogen and oxygen atoms in total. The van der Waals surface area contributed by atoms with Crippen LogP contribution in [0, 0.1) is 11.3 Å². The molecule has 31 heavy (non-hydrogen) atoms. The fraction of sp³-hybridized carbons (Fsp3) is 0.350. The predicted molar refractivity (Wildman–Crippen MR) is 117 cm³/mol. The monoisotopic (exact) mass is 487 g/mol. The molecule has 0 spiro atoms. The van der Waals surface area contributed by atoms with Crippen molar-refractivity contribution >= 4 is 45.0 Å². The lowest BCUT2D eigenvalue weighted by Gasteiger charge is -2.32. The summed E-state index contributed by atoms with van der Waals surface area (Å²) in [6.45, 7) is -0.0510. The highest BCUT2D eigenvalue weighted by molar-refractivity contribution is 9.10. The number of hydrogen-bond donors (Lipinski definition) is 5. The molecule has 4 rings (SSSR count). The smallest absolute Gasteiger partial charge is 0.267 e. The van der Waals surface area contributed by atoms with Gasteiger partial charge in [0.2, 0.25) is 5.91 Å². The zero-order valence-electron chi connectivity index (χ0n) is 16.5. The van der Waals surface area contributed by atoms with Gasteiger partial charge in [0.25, 0.3) is 5.91 Å². The second kappa shape index (κ2) is 8.60. The average Bonchev–Trinajstić information content (AvgIpc) is 3.41. The maximum absolute atomic E-state index is 13.0. The van der Waals surface area contributed by atoms with Crippen molar-refractivity contribution in [3.8, 4) is 0 Å². The highest BCUT2D eigenvalue weighted by atomic mass is 79.9. The number of hydrogen-bond acceptors (Lipinski definition) is 8. The summed E-state index contributed by atoms with van der Waals surface area (Å²) >= 11 is 3.30. The average molecular weight is 488 g/mol. The van der Waals surface area contributed by atoms with Crippen LogP contribution in [0.3, 0.4) is 0 Å². The number of pyridine rings is 2. The number of aliphatic hydroxyl groups is 1. The number of carbonyl (C=O) groups is 2. The predicted octanol–water partition coefficient (Wildman–Crippen LogP) is 0.924. The number of nitrogens with zero attached hydrogens (tertiary/aromatic N) is 3. The molecular weight excluding hydrogens is 466 g/mol. The largest absolute Gasteiger partial charge is 0.376 e. The van der Waals surface area contributed by atoms with Crippen LogP contribution < -0.4 is 16.4 Å². The first-order valence-electron chi connectivity index (χ1n) is 9.80. The van der Waals surface area contributed by atoms with Gasteiger partial charge >= 0.3 is 0 Å². The minimum Gasteiger partial charge on any atom is -0.376 e. The Kier molecular flexibility index (Phi) is 5.88. The lowest BCUT2D eigenvalue weighted by molar-refractivity contribution is -0.133. The summed E-state index contributed by atoms with van der Waals surface area (Å²) in [7, 11) is 0. The highest BCUT2D eigenvalue weighted by Crippen LogP contribution is 2.48. The van der Waals surface area contributed by atoms with Crippen molar-refractivity contribution in [3.63, 3.8) is 0 Å². The van der Waals surface area contributed by atoms with Crippen molar-refractivity contribution in [2.75, 3.05) is 17.2 Å². The van der Waals surface area contributed by atoms with Gasteiger partial charge in [0.15, 0.2) is 0 Å². The number of carbonyl (C=O) groups excluding carboxylic acids is 2. The number of fused-ring (bicyclic) bond motifs is 1. The number of aliphatic hydroxyl groups excluding tert-OH is 1. The number of piperidine rings is 1. The Labute approximate surface area is 186 Å². The molecule has 4 atom stereocenters. The van der Waals surface area contributed by atoms with Crippen molar-refractivity contribution in [1.82, 2.24) is 14.9 Å². The quantitative estimate of drug-likeness (QED) is 0.210. The van der Waals surface area contributed by atoms with Crippen LogP contribution >= 0.6 is 15.9 Å². The fourth-order valence-corrected chi connectivity index (χ4v) is 4.37. The van der Waals surface area contributed by atoms with Gasteiger partial charge in [0.05, 0.1) is 12.6 Å². The first-order valence-corrected chi connectivity index (χ1v) is 10.6. The molecule has 1 aliphatic carbocycles. The normalized spacial score (nSPS) is 22.4. The van der Waals surface area contributed by atoms with Crippen LogP contribution in [0.5, 0.6) is 0 Å². The zero-order chi connectivity index (χ0) is 22.1. The molecular formula is C20H22BrN7O3. The van der Waals surface area contributed by atoms with E-state index in [0.717, 1.165) is 6.42 Å². The second-order valence-corrected chi connectivity index (χ2v) is 8.43. The van der Waals surface area contributed by atoms with Crippen LogP contribution in [0.4, 0.5) is 11.5 Å². The maximum Gasteiger partial charge on any atom is 0.267 e. The van der Waals surface area contributed by atoms with Gasteiger partial charge in [-0.25, -0.2) is 4.98 Å². The summed E-state index contributed by atoms with van der Waals surface area (Å²) in [5, 5.41) is 24.5. The van der Waals surface area contributed by atoms with Crippen molar-refractivity contribution in [2.24, 2.45) is 11.7 Å². The van der Waals surface area contributed by atoms with Crippen LogP contribution in [0.2, 0.25) is 0 Å². The van der Waals surface area contributed by atoms with Gasteiger partial charge < -0.3 is 26.4 Å². The Morgan fingerprint density at radius 2 is 2.16 bits per heavy atom. The van der Waals surface area contributed by atoms with Crippen LogP contribution in [0.15, 0.2) is 41.3 Å². The third-order valence-corrected chi connectivity index (χ3v) is 6.02. The zero-order valence-corrected chi connectivity index (χ0v) is 18.0. The molecule has 2 aromatic heterocycles. The SMILES string of the molecule is N=C(C(N)=O)c1cnccc1NCC(=O)N1[C@@H]2C[C@@H]2C[C@H]1C(O)Nc1cccc(Br)n1. The molecule has 11 heteroatoms. The topological polar surface area (TPSA) is 157 Å². The minimum absolute atomic E-state index is 0.0510. The number of likely N-dealkylation sites (tertiary alicyclic amines) is 1. The van der Waals surface area contributed by atoms with Gasteiger partial charge in [0.1, 0.15) is 22.4 Å². The lowest BCUT2D eigenvalue weighted by Crippen LogP contribution is -2.49. The van der Waals surface area contributed by atoms with Crippen molar-refractivity contribution in [1.29, 1.82) is 5.41 Å². The Morgan fingerprint density at radius 3 is 2.90 bits per heavy atom. The summed E-state index contributed by atoms with van der Waals surface area (Å²) in [6, 6.07) is 6.66. The van der Waals surface area contributed by atoms with Crippen LogP contribution in [0.25, 0.3) is 0 Å². The lowest BCUT2D eigenvalue weighted by atomic mass is 10.1. The van der Waals surface area contributed by atoms with Crippen molar-refractivity contribution < 1.29 is 14.7 Å². The van der Waals surface area contributed by atoms with E-state index in [1.54, 1.807) is 29.2 Å². The van der Waals surface area contributed by atoms with E-state index < -0.39 is 12.1 Å². The van der Waals surface area contributed by atoms with E-state index in [0.29, 0.717) is 28.4 Å². The van der Waals surface area contributed by atoms with E-state index in [9.17, 15) is 14.7 Å². The fourth-order valence-electron chi connectivity index (χ4n) is 4.03. The Balaban J connectivity index is 1.43. The molecule has 6 N–H and O–H groups in total. The first-order chi connectivity index (χ1) is 14.8. The Morgan fingerprint density at radius 1 is 1.35 bits per heavy atom. The molecule has 1 unspecified atom stereocenters. The second-order valence-electron chi connectivity index (χ2n) is 7.62.